The first-order chi connectivity index (χ1) is 15.0. The molecule has 5 nitrogen and oxygen atoms in total. The fraction of sp³-hybridized carbons (Fsp3) is 0.231. The molecular weight excluding hydrogens is 388 g/mol. The quantitative estimate of drug-likeness (QED) is 0.645. The van der Waals surface area contributed by atoms with Gasteiger partial charge in [-0.2, -0.15) is 0 Å². The molecule has 1 aliphatic rings. The van der Waals surface area contributed by atoms with Crippen LogP contribution in [0.25, 0.3) is 11.1 Å². The summed E-state index contributed by atoms with van der Waals surface area (Å²) in [7, 11) is 3.41. The first-order valence-electron chi connectivity index (χ1n) is 10.4. The monoisotopic (exact) mass is 414 g/mol. The number of hydrogen-bond donors (Lipinski definition) is 1. The van der Waals surface area contributed by atoms with Gasteiger partial charge in [0.05, 0.1) is 5.92 Å². The number of anilines is 1. The van der Waals surface area contributed by atoms with Gasteiger partial charge in [-0.3, -0.25) is 9.59 Å². The summed E-state index contributed by atoms with van der Waals surface area (Å²) in [5.74, 6) is 0.212. The Morgan fingerprint density at radius 3 is 2.42 bits per heavy atom. The van der Waals surface area contributed by atoms with Crippen LogP contribution in [0.5, 0.6) is 5.75 Å². The number of nitrogens with one attached hydrogen (secondary N) is 1. The summed E-state index contributed by atoms with van der Waals surface area (Å²) in [5.41, 5.74) is 5.21. The molecular formula is C26H26N2O3. The molecule has 0 radical (unpaired) electrons. The zero-order chi connectivity index (χ0) is 21.8. The molecule has 4 rings (SSSR count). The normalized spacial score (nSPS) is 15.0. The minimum absolute atomic E-state index is 0.0400. The van der Waals surface area contributed by atoms with Crippen molar-refractivity contribution in [3.05, 3.63) is 83.9 Å². The van der Waals surface area contributed by atoms with Crippen LogP contribution in [0.2, 0.25) is 0 Å². The lowest BCUT2D eigenvalue weighted by molar-refractivity contribution is -0.133. The summed E-state index contributed by atoms with van der Waals surface area (Å²) in [6.45, 7) is 0.446. The Kier molecular flexibility index (Phi) is 6.03. The molecule has 3 aromatic carbocycles. The molecule has 5 heteroatoms. The van der Waals surface area contributed by atoms with Crippen molar-refractivity contribution in [2.45, 2.75) is 19.4 Å². The average Bonchev–Trinajstić information content (AvgIpc) is 2.79. The van der Waals surface area contributed by atoms with Crippen molar-refractivity contribution in [3.63, 3.8) is 0 Å². The third-order valence-corrected chi connectivity index (χ3v) is 5.56. The second-order valence-corrected chi connectivity index (χ2v) is 8.05. The Hall–Kier alpha value is -3.60. The Labute approximate surface area is 182 Å². The van der Waals surface area contributed by atoms with Crippen LogP contribution in [-0.4, -0.2) is 30.8 Å². The van der Waals surface area contributed by atoms with Crippen LogP contribution in [0.3, 0.4) is 0 Å². The van der Waals surface area contributed by atoms with E-state index in [9.17, 15) is 9.59 Å². The van der Waals surface area contributed by atoms with Gasteiger partial charge in [-0.1, -0.05) is 60.7 Å². The molecule has 158 valence electrons. The first kappa shape index (κ1) is 20.7. The molecule has 0 bridgehead atoms. The third kappa shape index (κ3) is 4.94. The number of fused-ring (bicyclic) bond motifs is 1. The Morgan fingerprint density at radius 1 is 1.00 bits per heavy atom. The molecule has 1 aliphatic heterocycles. The maximum Gasteiger partial charge on any atom is 0.228 e. The van der Waals surface area contributed by atoms with Gasteiger partial charge in [0, 0.05) is 32.3 Å². The Morgan fingerprint density at radius 2 is 1.71 bits per heavy atom. The second-order valence-electron chi connectivity index (χ2n) is 8.05. The summed E-state index contributed by atoms with van der Waals surface area (Å²) < 4.78 is 5.95. The molecule has 0 saturated carbocycles. The predicted molar refractivity (Wildman–Crippen MR) is 122 cm³/mol. The average molecular weight is 415 g/mol. The van der Waals surface area contributed by atoms with Gasteiger partial charge in [0.1, 0.15) is 12.4 Å². The van der Waals surface area contributed by atoms with Gasteiger partial charge in [0.15, 0.2) is 0 Å². The largest absolute Gasteiger partial charge is 0.489 e. The lowest BCUT2D eigenvalue weighted by atomic mass is 9.90. The minimum Gasteiger partial charge on any atom is -0.489 e. The van der Waals surface area contributed by atoms with Crippen LogP contribution < -0.4 is 10.1 Å². The van der Waals surface area contributed by atoms with Crippen molar-refractivity contribution in [2.24, 2.45) is 5.92 Å². The molecule has 0 aromatic heterocycles. The molecule has 0 fully saturated rings. The SMILES string of the molecule is CN(C)C(=O)CC1Cc2ccc(OCc3ccc(-c4ccccc4)cc3)cc2NC1=O. The van der Waals surface area contributed by atoms with Crippen LogP contribution in [0.1, 0.15) is 17.5 Å². The van der Waals surface area contributed by atoms with Crippen LogP contribution in [-0.2, 0) is 22.6 Å². The van der Waals surface area contributed by atoms with Crippen molar-refractivity contribution in [1.82, 2.24) is 4.90 Å². The van der Waals surface area contributed by atoms with Gasteiger partial charge in [0.2, 0.25) is 11.8 Å². The van der Waals surface area contributed by atoms with Crippen LogP contribution in [0, 0.1) is 5.92 Å². The van der Waals surface area contributed by atoms with Gasteiger partial charge in [-0.25, -0.2) is 0 Å². The summed E-state index contributed by atoms with van der Waals surface area (Å²) in [5, 5.41) is 2.93. The van der Waals surface area contributed by atoms with Crippen molar-refractivity contribution in [2.75, 3.05) is 19.4 Å². The second kappa shape index (κ2) is 9.04. The molecule has 0 saturated heterocycles. The highest BCUT2D eigenvalue weighted by atomic mass is 16.5. The first-order valence-corrected chi connectivity index (χ1v) is 10.4. The predicted octanol–water partition coefficient (Wildman–Crippen LogP) is 4.52. The van der Waals surface area contributed by atoms with Gasteiger partial charge in [-0.15, -0.1) is 0 Å². The van der Waals surface area contributed by atoms with Crippen molar-refractivity contribution in [3.8, 4) is 16.9 Å². The summed E-state index contributed by atoms with van der Waals surface area (Å²) >= 11 is 0. The summed E-state index contributed by atoms with van der Waals surface area (Å²) in [6.07, 6.45) is 0.775. The molecule has 0 spiro atoms. The Bertz CT molecular complexity index is 1080. The molecule has 1 unspecified atom stereocenters. The number of carbonyl (C=O) groups excluding carboxylic acids is 2. The molecule has 0 aliphatic carbocycles. The van der Waals surface area contributed by atoms with Crippen LogP contribution in [0.4, 0.5) is 5.69 Å². The van der Waals surface area contributed by atoms with Gasteiger partial charge in [0.25, 0.3) is 0 Å². The van der Waals surface area contributed by atoms with Gasteiger partial charge >= 0.3 is 0 Å². The minimum atomic E-state index is -0.336. The topological polar surface area (TPSA) is 58.6 Å². The van der Waals surface area contributed by atoms with E-state index in [1.165, 1.54) is 16.0 Å². The smallest absolute Gasteiger partial charge is 0.228 e. The summed E-state index contributed by atoms with van der Waals surface area (Å²) in [4.78, 5) is 25.9. The van der Waals surface area contributed by atoms with Crippen molar-refractivity contribution < 1.29 is 14.3 Å². The van der Waals surface area contributed by atoms with Crippen LogP contribution in [0.15, 0.2) is 72.8 Å². The highest BCUT2D eigenvalue weighted by Crippen LogP contribution is 2.31. The number of hydrogen-bond acceptors (Lipinski definition) is 3. The highest BCUT2D eigenvalue weighted by Gasteiger charge is 2.28. The zero-order valence-electron chi connectivity index (χ0n) is 17.8. The van der Waals surface area contributed by atoms with E-state index in [2.05, 4.69) is 41.7 Å². The highest BCUT2D eigenvalue weighted by molar-refractivity contribution is 5.98. The molecule has 1 atom stereocenters. The van der Waals surface area contributed by atoms with E-state index in [0.717, 1.165) is 16.8 Å². The molecule has 31 heavy (non-hydrogen) atoms. The van der Waals surface area contributed by atoms with Gasteiger partial charge < -0.3 is 15.0 Å². The lowest BCUT2D eigenvalue weighted by Crippen LogP contribution is -2.34. The number of nitrogens with zero attached hydrogens (tertiary/aromatic N) is 1. The Balaban J connectivity index is 1.38. The van der Waals surface area contributed by atoms with Gasteiger partial charge in [-0.05, 0) is 34.7 Å². The molecule has 2 amide bonds. The van der Waals surface area contributed by atoms with E-state index in [1.54, 1.807) is 14.1 Å². The number of benzene rings is 3. The van der Waals surface area contributed by atoms with Crippen molar-refractivity contribution >= 4 is 17.5 Å². The zero-order valence-corrected chi connectivity index (χ0v) is 17.8. The van der Waals surface area contributed by atoms with E-state index < -0.39 is 0 Å². The fourth-order valence-corrected chi connectivity index (χ4v) is 3.68. The standard InChI is InChI=1S/C26H26N2O3/c1-28(2)25(29)15-22-14-21-12-13-23(16-24(21)27-26(22)30)31-17-18-8-10-20(11-9-18)19-6-4-3-5-7-19/h3-13,16,22H,14-15,17H2,1-2H3,(H,27,30). The third-order valence-electron chi connectivity index (χ3n) is 5.56. The van der Waals surface area contributed by atoms with E-state index >= 15 is 0 Å². The van der Waals surface area contributed by atoms with E-state index in [4.69, 9.17) is 4.74 Å². The van der Waals surface area contributed by atoms with E-state index in [0.29, 0.717) is 18.8 Å². The molecule has 1 heterocycles. The number of carbonyl (C=O) groups is 2. The number of rotatable bonds is 6. The molecule has 3 aromatic rings. The lowest BCUT2D eigenvalue weighted by Gasteiger charge is -2.25. The number of ether oxygens (including phenoxy) is 1. The summed E-state index contributed by atoms with van der Waals surface area (Å²) in [6, 6.07) is 24.3. The number of amides is 2. The molecule has 1 N–H and O–H groups in total. The maximum atomic E-state index is 12.4. The maximum absolute atomic E-state index is 12.4. The van der Waals surface area contributed by atoms with E-state index in [-0.39, 0.29) is 24.2 Å². The van der Waals surface area contributed by atoms with E-state index in [1.807, 2.05) is 36.4 Å². The van der Waals surface area contributed by atoms with Crippen molar-refractivity contribution in [1.29, 1.82) is 0 Å². The fourth-order valence-electron chi connectivity index (χ4n) is 3.68. The van der Waals surface area contributed by atoms with Crippen LogP contribution >= 0.6 is 0 Å².